The number of aromatic carboxylic acids is 1. The lowest BCUT2D eigenvalue weighted by Crippen LogP contribution is -2.05. The van der Waals surface area contributed by atoms with Crippen LogP contribution in [0, 0.1) is 12.7 Å². The maximum atomic E-state index is 13.4. The zero-order valence-electron chi connectivity index (χ0n) is 12.3. The minimum absolute atomic E-state index is 0.126. The van der Waals surface area contributed by atoms with E-state index in [4.69, 9.17) is 0 Å². The number of carbonyl (C=O) groups is 1. The third kappa shape index (κ3) is 3.40. The summed E-state index contributed by atoms with van der Waals surface area (Å²) in [5, 5.41) is 12.4. The molecule has 0 aliphatic heterocycles. The van der Waals surface area contributed by atoms with Crippen LogP contribution in [0.5, 0.6) is 0 Å². The smallest absolute Gasteiger partial charge is 0.337 e. The summed E-state index contributed by atoms with van der Waals surface area (Å²) in [5.74, 6) is -1.17. The fraction of sp³-hybridized carbons (Fsp3) is 0.235. The number of benzene rings is 2. The van der Waals surface area contributed by atoms with Crippen molar-refractivity contribution in [2.75, 3.05) is 5.32 Å². The highest BCUT2D eigenvalue weighted by Crippen LogP contribution is 2.29. The Morgan fingerprint density at radius 2 is 1.86 bits per heavy atom. The molecule has 0 aromatic heterocycles. The van der Waals surface area contributed by atoms with Gasteiger partial charge in [-0.1, -0.05) is 19.9 Å². The van der Waals surface area contributed by atoms with E-state index in [9.17, 15) is 14.3 Å². The van der Waals surface area contributed by atoms with E-state index in [2.05, 4.69) is 5.32 Å². The van der Waals surface area contributed by atoms with Crippen LogP contribution in [0.15, 0.2) is 36.4 Å². The van der Waals surface area contributed by atoms with E-state index in [0.717, 1.165) is 16.8 Å². The lowest BCUT2D eigenvalue weighted by atomic mass is 10.00. The molecule has 0 radical (unpaired) electrons. The summed E-state index contributed by atoms with van der Waals surface area (Å²) in [4.78, 5) is 11.3. The van der Waals surface area contributed by atoms with Crippen LogP contribution in [-0.2, 0) is 0 Å². The van der Waals surface area contributed by atoms with E-state index in [0.29, 0.717) is 5.69 Å². The number of halogens is 1. The van der Waals surface area contributed by atoms with Crippen molar-refractivity contribution < 1.29 is 14.3 Å². The summed E-state index contributed by atoms with van der Waals surface area (Å²) < 4.78 is 13.4. The van der Waals surface area contributed by atoms with Crippen molar-refractivity contribution in [1.82, 2.24) is 0 Å². The molecule has 0 aliphatic carbocycles. The first-order valence-electron chi connectivity index (χ1n) is 6.79. The monoisotopic (exact) mass is 287 g/mol. The van der Waals surface area contributed by atoms with Crippen LogP contribution in [0.2, 0.25) is 0 Å². The Morgan fingerprint density at radius 1 is 1.14 bits per heavy atom. The van der Waals surface area contributed by atoms with Crippen molar-refractivity contribution in [3.8, 4) is 0 Å². The van der Waals surface area contributed by atoms with Gasteiger partial charge in [-0.3, -0.25) is 0 Å². The first-order valence-corrected chi connectivity index (χ1v) is 6.79. The van der Waals surface area contributed by atoms with Crippen LogP contribution in [0.3, 0.4) is 0 Å². The number of rotatable bonds is 4. The molecule has 0 spiro atoms. The average molecular weight is 287 g/mol. The molecular weight excluding hydrogens is 269 g/mol. The standard InChI is InChI=1S/C17H18FNO2/c1-10(2)14-9-12(18)5-7-15(14)19-16-8-11(3)4-6-13(16)17(20)21/h4-10,19H,1-3H3,(H,20,21). The van der Waals surface area contributed by atoms with Crippen molar-refractivity contribution in [3.63, 3.8) is 0 Å². The Morgan fingerprint density at radius 3 is 2.48 bits per heavy atom. The lowest BCUT2D eigenvalue weighted by molar-refractivity contribution is 0.0698. The van der Waals surface area contributed by atoms with Gasteiger partial charge in [0.05, 0.1) is 11.3 Å². The minimum atomic E-state index is -0.995. The van der Waals surface area contributed by atoms with Gasteiger partial charge in [-0.25, -0.2) is 9.18 Å². The summed E-state index contributed by atoms with van der Waals surface area (Å²) in [6, 6.07) is 9.57. The van der Waals surface area contributed by atoms with E-state index in [-0.39, 0.29) is 17.3 Å². The molecule has 21 heavy (non-hydrogen) atoms. The molecule has 0 saturated heterocycles. The Kier molecular flexibility index (Phi) is 4.26. The van der Waals surface area contributed by atoms with Gasteiger partial charge >= 0.3 is 5.97 Å². The van der Waals surface area contributed by atoms with Crippen LogP contribution in [0.1, 0.15) is 41.3 Å². The summed E-state index contributed by atoms with van der Waals surface area (Å²) >= 11 is 0. The third-order valence-corrected chi connectivity index (χ3v) is 3.31. The van der Waals surface area contributed by atoms with Gasteiger partial charge in [0, 0.05) is 5.69 Å². The second-order valence-electron chi connectivity index (χ2n) is 5.37. The third-order valence-electron chi connectivity index (χ3n) is 3.31. The average Bonchev–Trinajstić information content (AvgIpc) is 2.40. The number of nitrogens with one attached hydrogen (secondary N) is 1. The maximum Gasteiger partial charge on any atom is 0.337 e. The Labute approximate surface area is 123 Å². The minimum Gasteiger partial charge on any atom is -0.478 e. The van der Waals surface area contributed by atoms with Gasteiger partial charge in [0.1, 0.15) is 5.82 Å². The summed E-state index contributed by atoms with van der Waals surface area (Å²) in [6.07, 6.45) is 0. The first-order chi connectivity index (χ1) is 9.88. The van der Waals surface area contributed by atoms with Crippen LogP contribution >= 0.6 is 0 Å². The predicted molar refractivity (Wildman–Crippen MR) is 81.9 cm³/mol. The van der Waals surface area contributed by atoms with E-state index in [1.54, 1.807) is 24.3 Å². The van der Waals surface area contributed by atoms with Gasteiger partial charge in [0.2, 0.25) is 0 Å². The van der Waals surface area contributed by atoms with Crippen LogP contribution in [0.4, 0.5) is 15.8 Å². The second-order valence-corrected chi connectivity index (χ2v) is 5.37. The van der Waals surface area contributed by atoms with Gasteiger partial charge in [-0.2, -0.15) is 0 Å². The van der Waals surface area contributed by atoms with E-state index < -0.39 is 5.97 Å². The van der Waals surface area contributed by atoms with Crippen molar-refractivity contribution in [2.24, 2.45) is 0 Å². The summed E-state index contributed by atoms with van der Waals surface area (Å²) in [6.45, 7) is 5.83. The molecule has 2 aromatic rings. The summed E-state index contributed by atoms with van der Waals surface area (Å²) in [5.41, 5.74) is 3.19. The molecule has 0 heterocycles. The molecule has 0 amide bonds. The Hall–Kier alpha value is -2.36. The highest BCUT2D eigenvalue weighted by molar-refractivity contribution is 5.95. The molecular formula is C17H18FNO2. The van der Waals surface area contributed by atoms with E-state index in [1.807, 2.05) is 20.8 Å². The summed E-state index contributed by atoms with van der Waals surface area (Å²) in [7, 11) is 0. The second kappa shape index (κ2) is 5.95. The van der Waals surface area contributed by atoms with Crippen LogP contribution in [0.25, 0.3) is 0 Å². The topological polar surface area (TPSA) is 49.3 Å². The molecule has 110 valence electrons. The highest BCUT2D eigenvalue weighted by atomic mass is 19.1. The molecule has 0 unspecified atom stereocenters. The molecule has 4 heteroatoms. The van der Waals surface area contributed by atoms with Crippen molar-refractivity contribution in [2.45, 2.75) is 26.7 Å². The number of carboxylic acids is 1. The Balaban J connectivity index is 2.47. The molecule has 0 saturated carbocycles. The van der Waals surface area contributed by atoms with Crippen molar-refractivity contribution in [3.05, 3.63) is 58.9 Å². The number of anilines is 2. The van der Waals surface area contributed by atoms with Crippen molar-refractivity contribution >= 4 is 17.3 Å². The quantitative estimate of drug-likeness (QED) is 0.857. The fourth-order valence-electron chi connectivity index (χ4n) is 2.22. The van der Waals surface area contributed by atoms with Gasteiger partial charge in [0.25, 0.3) is 0 Å². The van der Waals surface area contributed by atoms with Crippen molar-refractivity contribution in [1.29, 1.82) is 0 Å². The molecule has 2 rings (SSSR count). The number of hydrogen-bond acceptors (Lipinski definition) is 2. The number of hydrogen-bond donors (Lipinski definition) is 2. The number of carboxylic acid groups (broad SMARTS) is 1. The molecule has 0 aliphatic rings. The largest absolute Gasteiger partial charge is 0.478 e. The normalized spacial score (nSPS) is 10.7. The molecule has 0 bridgehead atoms. The van der Waals surface area contributed by atoms with Crippen LogP contribution in [-0.4, -0.2) is 11.1 Å². The highest BCUT2D eigenvalue weighted by Gasteiger charge is 2.13. The molecule has 2 aromatic carbocycles. The van der Waals surface area contributed by atoms with Gasteiger partial charge in [0.15, 0.2) is 0 Å². The van der Waals surface area contributed by atoms with Gasteiger partial charge < -0.3 is 10.4 Å². The molecule has 0 atom stereocenters. The zero-order chi connectivity index (χ0) is 15.6. The molecule has 2 N–H and O–H groups in total. The van der Waals surface area contributed by atoms with Gasteiger partial charge in [-0.15, -0.1) is 0 Å². The fourth-order valence-corrected chi connectivity index (χ4v) is 2.22. The molecule has 0 fully saturated rings. The first kappa shape index (κ1) is 15.0. The number of aryl methyl sites for hydroxylation is 1. The van der Waals surface area contributed by atoms with Gasteiger partial charge in [-0.05, 0) is 54.3 Å². The van der Waals surface area contributed by atoms with E-state index in [1.165, 1.54) is 12.1 Å². The zero-order valence-corrected chi connectivity index (χ0v) is 12.3. The Bertz CT molecular complexity index is 680. The van der Waals surface area contributed by atoms with Crippen LogP contribution < -0.4 is 5.32 Å². The maximum absolute atomic E-state index is 13.4. The SMILES string of the molecule is Cc1ccc(C(=O)O)c(Nc2ccc(F)cc2C(C)C)c1. The van der Waals surface area contributed by atoms with E-state index >= 15 is 0 Å². The lowest BCUT2D eigenvalue weighted by Gasteiger charge is -2.16. The predicted octanol–water partition coefficient (Wildman–Crippen LogP) is 4.70. The molecule has 3 nitrogen and oxygen atoms in total.